The van der Waals surface area contributed by atoms with E-state index in [1.807, 2.05) is 0 Å². The van der Waals surface area contributed by atoms with Crippen LogP contribution in [-0.4, -0.2) is 30.6 Å². The molecule has 0 heterocycles. The predicted octanol–water partition coefficient (Wildman–Crippen LogP) is 9.26. The summed E-state index contributed by atoms with van der Waals surface area (Å²) < 4.78 is 0. The monoisotopic (exact) mass is 438 g/mol. The number of hydrogen-bond donors (Lipinski definition) is 1. The lowest BCUT2D eigenvalue weighted by atomic mass is 10.1. The Morgan fingerprint density at radius 2 is 0.710 bits per heavy atom. The zero-order chi connectivity index (χ0) is 22.8. The zero-order valence-corrected chi connectivity index (χ0v) is 22.3. The van der Waals surface area contributed by atoms with Gasteiger partial charge in [-0.05, 0) is 32.9 Å². The highest BCUT2D eigenvalue weighted by atomic mass is 15.1. The molecule has 0 aliphatic rings. The Morgan fingerprint density at radius 1 is 0.452 bits per heavy atom. The van der Waals surface area contributed by atoms with Crippen molar-refractivity contribution in [2.75, 3.05) is 19.6 Å². The minimum absolute atomic E-state index is 0.306. The summed E-state index contributed by atoms with van der Waals surface area (Å²) >= 11 is 0. The van der Waals surface area contributed by atoms with E-state index in [0.29, 0.717) is 6.04 Å². The third-order valence-corrected chi connectivity index (χ3v) is 6.70. The van der Waals surface area contributed by atoms with Crippen molar-refractivity contribution in [2.45, 2.75) is 168 Å². The van der Waals surface area contributed by atoms with Gasteiger partial charge in [0.2, 0.25) is 0 Å². The van der Waals surface area contributed by atoms with Gasteiger partial charge in [-0.25, -0.2) is 0 Å². The molecule has 0 bridgehead atoms. The third kappa shape index (κ3) is 26.1. The summed E-state index contributed by atoms with van der Waals surface area (Å²) in [6, 6.07) is 0.306. The minimum Gasteiger partial charge on any atom is -0.327 e. The molecule has 0 aromatic heterocycles. The van der Waals surface area contributed by atoms with E-state index < -0.39 is 0 Å². The van der Waals surface area contributed by atoms with Crippen LogP contribution in [0.2, 0.25) is 0 Å². The van der Waals surface area contributed by atoms with Gasteiger partial charge in [-0.1, -0.05) is 142 Å². The number of unbranched alkanes of at least 4 members (excludes halogenated alkanes) is 20. The Balaban J connectivity index is 3.53. The maximum atomic E-state index is 6.11. The van der Waals surface area contributed by atoms with Gasteiger partial charge in [0.25, 0.3) is 0 Å². The quantitative estimate of drug-likeness (QED) is 0.136. The molecular weight excluding hydrogens is 376 g/mol. The van der Waals surface area contributed by atoms with Gasteiger partial charge >= 0.3 is 0 Å². The van der Waals surface area contributed by atoms with Crippen molar-refractivity contribution in [3.05, 3.63) is 0 Å². The van der Waals surface area contributed by atoms with Crippen molar-refractivity contribution in [2.24, 2.45) is 5.73 Å². The first-order valence-corrected chi connectivity index (χ1v) is 14.7. The fourth-order valence-electron chi connectivity index (χ4n) is 4.70. The maximum absolute atomic E-state index is 6.11. The number of nitrogens with two attached hydrogens (primary N) is 1. The van der Waals surface area contributed by atoms with E-state index in [4.69, 9.17) is 5.73 Å². The van der Waals surface area contributed by atoms with Crippen molar-refractivity contribution in [3.8, 4) is 0 Å². The number of hydrogen-bond acceptors (Lipinski definition) is 2. The van der Waals surface area contributed by atoms with Crippen LogP contribution in [0, 0.1) is 0 Å². The largest absolute Gasteiger partial charge is 0.327 e. The molecule has 2 heteroatoms. The molecule has 188 valence electrons. The molecule has 31 heavy (non-hydrogen) atoms. The Hall–Kier alpha value is -0.0800. The standard InChI is InChI=1S/C29H62N2/c1-4-6-8-10-12-14-16-18-20-22-24-26-31(28-29(3)30)27-25-23-21-19-17-15-13-11-9-7-5-2/h29H,4-28,30H2,1-3H3. The summed E-state index contributed by atoms with van der Waals surface area (Å²) in [6.07, 6.45) is 31.4. The van der Waals surface area contributed by atoms with Crippen LogP contribution in [0.5, 0.6) is 0 Å². The molecule has 2 nitrogen and oxygen atoms in total. The summed E-state index contributed by atoms with van der Waals surface area (Å²) in [5, 5.41) is 0. The average Bonchev–Trinajstić information content (AvgIpc) is 2.75. The van der Waals surface area contributed by atoms with E-state index in [1.165, 1.54) is 154 Å². The molecule has 0 saturated heterocycles. The number of rotatable bonds is 26. The van der Waals surface area contributed by atoms with Gasteiger partial charge in [-0.3, -0.25) is 0 Å². The van der Waals surface area contributed by atoms with Crippen molar-refractivity contribution in [1.29, 1.82) is 0 Å². The molecule has 0 aromatic carbocycles. The van der Waals surface area contributed by atoms with E-state index >= 15 is 0 Å². The predicted molar refractivity (Wildman–Crippen MR) is 143 cm³/mol. The topological polar surface area (TPSA) is 29.3 Å². The molecule has 0 aromatic rings. The van der Waals surface area contributed by atoms with Crippen molar-refractivity contribution in [1.82, 2.24) is 4.90 Å². The first-order valence-electron chi connectivity index (χ1n) is 14.7. The molecule has 1 unspecified atom stereocenters. The Labute approximate surface area is 198 Å². The molecular formula is C29H62N2. The summed E-state index contributed by atoms with van der Waals surface area (Å²) in [5.41, 5.74) is 6.11. The minimum atomic E-state index is 0.306. The van der Waals surface area contributed by atoms with Crippen LogP contribution in [0.1, 0.15) is 162 Å². The lowest BCUT2D eigenvalue weighted by Gasteiger charge is -2.24. The molecule has 0 rings (SSSR count). The molecule has 0 spiro atoms. The van der Waals surface area contributed by atoms with Crippen molar-refractivity contribution >= 4 is 0 Å². The summed E-state index contributed by atoms with van der Waals surface area (Å²) in [5.74, 6) is 0. The molecule has 0 fully saturated rings. The van der Waals surface area contributed by atoms with Crippen LogP contribution in [0.4, 0.5) is 0 Å². The molecule has 0 saturated carbocycles. The smallest absolute Gasteiger partial charge is 0.0139 e. The van der Waals surface area contributed by atoms with Crippen molar-refractivity contribution in [3.63, 3.8) is 0 Å². The molecule has 0 aliphatic heterocycles. The fraction of sp³-hybridized carbons (Fsp3) is 1.00. The van der Waals surface area contributed by atoms with E-state index in [0.717, 1.165) is 6.54 Å². The first kappa shape index (κ1) is 30.9. The maximum Gasteiger partial charge on any atom is 0.0139 e. The summed E-state index contributed by atoms with van der Waals surface area (Å²) in [7, 11) is 0. The van der Waals surface area contributed by atoms with Crippen LogP contribution < -0.4 is 5.73 Å². The molecule has 0 aliphatic carbocycles. The van der Waals surface area contributed by atoms with Crippen LogP contribution in [-0.2, 0) is 0 Å². The van der Waals surface area contributed by atoms with Gasteiger partial charge in [-0.15, -0.1) is 0 Å². The zero-order valence-electron chi connectivity index (χ0n) is 22.3. The van der Waals surface area contributed by atoms with Crippen LogP contribution in [0.25, 0.3) is 0 Å². The van der Waals surface area contributed by atoms with Crippen LogP contribution in [0.15, 0.2) is 0 Å². The Bertz CT molecular complexity index is 290. The highest BCUT2D eigenvalue weighted by Crippen LogP contribution is 2.13. The lowest BCUT2D eigenvalue weighted by Crippen LogP contribution is -2.36. The Morgan fingerprint density at radius 3 is 0.968 bits per heavy atom. The average molecular weight is 439 g/mol. The lowest BCUT2D eigenvalue weighted by molar-refractivity contribution is 0.249. The van der Waals surface area contributed by atoms with Gasteiger partial charge in [0.15, 0.2) is 0 Å². The fourth-order valence-corrected chi connectivity index (χ4v) is 4.70. The molecule has 1 atom stereocenters. The van der Waals surface area contributed by atoms with Gasteiger partial charge in [0.05, 0.1) is 0 Å². The van der Waals surface area contributed by atoms with Gasteiger partial charge in [0.1, 0.15) is 0 Å². The molecule has 2 N–H and O–H groups in total. The summed E-state index contributed by atoms with van der Waals surface area (Å²) in [6.45, 7) is 10.4. The highest BCUT2D eigenvalue weighted by Gasteiger charge is 2.07. The molecule has 0 amide bonds. The number of nitrogens with zero attached hydrogens (tertiary/aromatic N) is 1. The third-order valence-electron chi connectivity index (χ3n) is 6.70. The van der Waals surface area contributed by atoms with Gasteiger partial charge < -0.3 is 10.6 Å². The van der Waals surface area contributed by atoms with Gasteiger partial charge in [-0.2, -0.15) is 0 Å². The van der Waals surface area contributed by atoms with E-state index in [1.54, 1.807) is 0 Å². The summed E-state index contributed by atoms with van der Waals surface area (Å²) in [4.78, 5) is 2.64. The van der Waals surface area contributed by atoms with Crippen LogP contribution in [0.3, 0.4) is 0 Å². The van der Waals surface area contributed by atoms with E-state index in [-0.39, 0.29) is 0 Å². The second-order valence-corrected chi connectivity index (χ2v) is 10.3. The molecule has 0 radical (unpaired) electrons. The van der Waals surface area contributed by atoms with Crippen LogP contribution >= 0.6 is 0 Å². The van der Waals surface area contributed by atoms with Crippen molar-refractivity contribution < 1.29 is 0 Å². The second-order valence-electron chi connectivity index (χ2n) is 10.3. The van der Waals surface area contributed by atoms with E-state index in [9.17, 15) is 0 Å². The Kier molecular flexibility index (Phi) is 26.1. The first-order chi connectivity index (χ1) is 15.2. The normalized spacial score (nSPS) is 12.7. The second kappa shape index (κ2) is 26.2. The highest BCUT2D eigenvalue weighted by molar-refractivity contribution is 4.65. The van der Waals surface area contributed by atoms with Gasteiger partial charge in [0, 0.05) is 12.6 Å². The SMILES string of the molecule is CCCCCCCCCCCCCN(CCCCCCCCCCCCC)CC(C)N. The van der Waals surface area contributed by atoms with E-state index in [2.05, 4.69) is 25.7 Å².